The number of hydrogen-bond donors (Lipinski definition) is 2. The van der Waals surface area contributed by atoms with Crippen LogP contribution in [0.5, 0.6) is 0 Å². The lowest BCUT2D eigenvalue weighted by Crippen LogP contribution is -2.45. The van der Waals surface area contributed by atoms with Gasteiger partial charge in [0.1, 0.15) is 12.1 Å². The van der Waals surface area contributed by atoms with Crippen molar-refractivity contribution in [2.24, 2.45) is 5.92 Å². The molecule has 1 fully saturated rings. The number of benzene rings is 1. The smallest absolute Gasteiger partial charge is 0.325 e. The summed E-state index contributed by atoms with van der Waals surface area (Å²) in [4.78, 5) is 38.0. The van der Waals surface area contributed by atoms with Crippen LogP contribution in [0.3, 0.4) is 0 Å². The Morgan fingerprint density at radius 3 is 2.35 bits per heavy atom. The molecule has 1 aliphatic rings. The number of carbonyl (C=O) groups is 3. The molecular weight excluding hydrogens is 330 g/mol. The standard InChI is InChI=1S/C20H29N3O3/c1-6-14(4)15-7-9-16(10-8-15)21-17(24)12-23-18(25)20(5,11-13(2)3)22-19(23)26/h7-10,13-14H,6,11-12H2,1-5H3,(H,21,24)(H,22,26). The van der Waals surface area contributed by atoms with Crippen molar-refractivity contribution < 1.29 is 14.4 Å². The van der Waals surface area contributed by atoms with E-state index in [-0.39, 0.29) is 18.4 Å². The molecule has 0 radical (unpaired) electrons. The Labute approximate surface area is 155 Å². The first-order chi connectivity index (χ1) is 12.2. The summed E-state index contributed by atoms with van der Waals surface area (Å²) < 4.78 is 0. The molecule has 6 nitrogen and oxygen atoms in total. The fourth-order valence-corrected chi connectivity index (χ4v) is 3.32. The average Bonchev–Trinajstić information content (AvgIpc) is 2.77. The van der Waals surface area contributed by atoms with Gasteiger partial charge in [0.25, 0.3) is 5.91 Å². The highest BCUT2D eigenvalue weighted by Crippen LogP contribution is 2.25. The van der Waals surface area contributed by atoms with E-state index in [1.807, 2.05) is 38.1 Å². The zero-order chi connectivity index (χ0) is 19.5. The number of nitrogens with zero attached hydrogens (tertiary/aromatic N) is 1. The molecule has 26 heavy (non-hydrogen) atoms. The first-order valence-corrected chi connectivity index (χ1v) is 9.20. The lowest BCUT2D eigenvalue weighted by Gasteiger charge is -2.23. The maximum Gasteiger partial charge on any atom is 0.325 e. The monoisotopic (exact) mass is 359 g/mol. The van der Waals surface area contributed by atoms with E-state index in [4.69, 9.17) is 0 Å². The summed E-state index contributed by atoms with van der Waals surface area (Å²) in [5, 5.41) is 5.46. The zero-order valence-electron chi connectivity index (χ0n) is 16.3. The molecule has 2 unspecified atom stereocenters. The van der Waals surface area contributed by atoms with Gasteiger partial charge in [-0.05, 0) is 49.3 Å². The summed E-state index contributed by atoms with van der Waals surface area (Å²) in [6.45, 7) is 9.68. The van der Waals surface area contributed by atoms with Gasteiger partial charge in [0.05, 0.1) is 0 Å². The van der Waals surface area contributed by atoms with Crippen LogP contribution in [0.4, 0.5) is 10.5 Å². The number of rotatable bonds is 7. The molecule has 2 N–H and O–H groups in total. The molecule has 1 aromatic carbocycles. The zero-order valence-corrected chi connectivity index (χ0v) is 16.3. The first kappa shape index (κ1) is 19.9. The molecule has 0 aromatic heterocycles. The van der Waals surface area contributed by atoms with Gasteiger partial charge in [0.2, 0.25) is 5.91 Å². The minimum atomic E-state index is -0.941. The summed E-state index contributed by atoms with van der Waals surface area (Å²) in [6, 6.07) is 7.14. The highest BCUT2D eigenvalue weighted by Gasteiger charge is 2.48. The Morgan fingerprint density at radius 1 is 1.19 bits per heavy atom. The number of nitrogens with one attached hydrogen (secondary N) is 2. The van der Waals surface area contributed by atoms with E-state index in [2.05, 4.69) is 24.5 Å². The maximum atomic E-state index is 12.6. The van der Waals surface area contributed by atoms with Crippen LogP contribution in [-0.2, 0) is 9.59 Å². The predicted molar refractivity (Wildman–Crippen MR) is 102 cm³/mol. The van der Waals surface area contributed by atoms with E-state index in [1.165, 1.54) is 5.56 Å². The van der Waals surface area contributed by atoms with Gasteiger partial charge in [-0.25, -0.2) is 4.79 Å². The van der Waals surface area contributed by atoms with Gasteiger partial charge in [-0.3, -0.25) is 14.5 Å². The molecule has 1 heterocycles. The molecule has 0 spiro atoms. The molecule has 0 saturated carbocycles. The van der Waals surface area contributed by atoms with Gasteiger partial charge in [-0.2, -0.15) is 0 Å². The molecule has 1 saturated heterocycles. The fraction of sp³-hybridized carbons (Fsp3) is 0.550. The molecule has 1 aromatic rings. The van der Waals surface area contributed by atoms with Crippen LogP contribution in [0.1, 0.15) is 58.9 Å². The van der Waals surface area contributed by atoms with Crippen molar-refractivity contribution in [2.45, 2.75) is 58.9 Å². The number of anilines is 1. The van der Waals surface area contributed by atoms with Crippen molar-refractivity contribution in [1.82, 2.24) is 10.2 Å². The van der Waals surface area contributed by atoms with Gasteiger partial charge >= 0.3 is 6.03 Å². The molecular formula is C20H29N3O3. The second kappa shape index (κ2) is 7.89. The van der Waals surface area contributed by atoms with Crippen molar-refractivity contribution in [3.63, 3.8) is 0 Å². The first-order valence-electron chi connectivity index (χ1n) is 9.20. The van der Waals surface area contributed by atoms with Crippen molar-refractivity contribution in [1.29, 1.82) is 0 Å². The van der Waals surface area contributed by atoms with Gasteiger partial charge < -0.3 is 10.6 Å². The van der Waals surface area contributed by atoms with E-state index < -0.39 is 17.5 Å². The predicted octanol–water partition coefficient (Wildman–Crippen LogP) is 3.50. The van der Waals surface area contributed by atoms with Crippen molar-refractivity contribution in [2.75, 3.05) is 11.9 Å². The summed E-state index contributed by atoms with van der Waals surface area (Å²) in [5.74, 6) is -0.0246. The van der Waals surface area contributed by atoms with Gasteiger partial charge in [-0.15, -0.1) is 0 Å². The fourth-order valence-electron chi connectivity index (χ4n) is 3.32. The second-order valence-corrected chi connectivity index (χ2v) is 7.73. The Hall–Kier alpha value is -2.37. The van der Waals surface area contributed by atoms with Crippen LogP contribution in [0.15, 0.2) is 24.3 Å². The lowest BCUT2D eigenvalue weighted by atomic mass is 9.91. The number of amides is 4. The van der Waals surface area contributed by atoms with Gasteiger partial charge in [0, 0.05) is 5.69 Å². The summed E-state index contributed by atoms with van der Waals surface area (Å²) in [6.07, 6.45) is 1.58. The van der Waals surface area contributed by atoms with Crippen LogP contribution >= 0.6 is 0 Å². The normalized spacial score (nSPS) is 21.1. The van der Waals surface area contributed by atoms with Gasteiger partial charge in [-0.1, -0.05) is 39.8 Å². The van der Waals surface area contributed by atoms with Crippen LogP contribution in [-0.4, -0.2) is 34.8 Å². The summed E-state index contributed by atoms with van der Waals surface area (Å²) >= 11 is 0. The molecule has 6 heteroatoms. The third-order valence-corrected chi connectivity index (χ3v) is 4.84. The third-order valence-electron chi connectivity index (χ3n) is 4.84. The number of carbonyl (C=O) groups excluding carboxylic acids is 3. The van der Waals surface area contributed by atoms with Gasteiger partial charge in [0.15, 0.2) is 0 Å². The van der Waals surface area contributed by atoms with E-state index in [0.717, 1.165) is 11.3 Å². The van der Waals surface area contributed by atoms with Crippen molar-refractivity contribution in [3.8, 4) is 0 Å². The molecule has 2 rings (SSSR count). The second-order valence-electron chi connectivity index (χ2n) is 7.73. The SMILES string of the molecule is CCC(C)c1ccc(NC(=O)CN2C(=O)NC(C)(CC(C)C)C2=O)cc1. The average molecular weight is 359 g/mol. The molecule has 0 bridgehead atoms. The molecule has 2 atom stereocenters. The Bertz CT molecular complexity index is 684. The van der Waals surface area contributed by atoms with Crippen LogP contribution in [0.2, 0.25) is 0 Å². The minimum absolute atomic E-state index is 0.252. The topological polar surface area (TPSA) is 78.5 Å². The number of hydrogen-bond acceptors (Lipinski definition) is 3. The minimum Gasteiger partial charge on any atom is -0.325 e. The largest absolute Gasteiger partial charge is 0.325 e. The molecule has 1 aliphatic heterocycles. The highest BCUT2D eigenvalue weighted by atomic mass is 16.2. The van der Waals surface area contributed by atoms with Crippen LogP contribution < -0.4 is 10.6 Å². The van der Waals surface area contributed by atoms with Crippen LogP contribution in [0, 0.1) is 5.92 Å². The van der Waals surface area contributed by atoms with Crippen molar-refractivity contribution >= 4 is 23.5 Å². The number of imide groups is 1. The number of urea groups is 1. The Morgan fingerprint density at radius 2 is 1.81 bits per heavy atom. The summed E-state index contributed by atoms with van der Waals surface area (Å²) in [5.41, 5.74) is 0.923. The van der Waals surface area contributed by atoms with Crippen molar-refractivity contribution in [3.05, 3.63) is 29.8 Å². The molecule has 4 amide bonds. The van der Waals surface area contributed by atoms with E-state index in [9.17, 15) is 14.4 Å². The quantitative estimate of drug-likeness (QED) is 0.732. The maximum absolute atomic E-state index is 12.6. The molecule has 0 aliphatic carbocycles. The van der Waals surface area contributed by atoms with E-state index in [0.29, 0.717) is 18.0 Å². The van der Waals surface area contributed by atoms with E-state index >= 15 is 0 Å². The van der Waals surface area contributed by atoms with Crippen LogP contribution in [0.25, 0.3) is 0 Å². The Balaban J connectivity index is 1.99. The highest BCUT2D eigenvalue weighted by molar-refractivity contribution is 6.09. The van der Waals surface area contributed by atoms with E-state index in [1.54, 1.807) is 6.92 Å². The third kappa shape index (κ3) is 4.42. The molecule has 142 valence electrons. The summed E-state index contributed by atoms with van der Waals surface area (Å²) in [7, 11) is 0. The lowest BCUT2D eigenvalue weighted by molar-refractivity contribution is -0.133. The Kier molecular flexibility index (Phi) is 6.05.